The number of nitrogens with one attached hydrogen (secondary N) is 1. The second-order valence-electron chi connectivity index (χ2n) is 4.11. The zero-order chi connectivity index (χ0) is 10.4. The molecule has 0 bridgehead atoms. The van der Waals surface area contributed by atoms with Crippen LogP contribution in [0.5, 0.6) is 0 Å². The lowest BCUT2D eigenvalue weighted by Crippen LogP contribution is -2.30. The highest BCUT2D eigenvalue weighted by Gasteiger charge is 2.26. The van der Waals surface area contributed by atoms with Crippen LogP contribution in [-0.4, -0.2) is 32.5 Å². The molecule has 1 atom stereocenters. The van der Waals surface area contributed by atoms with E-state index >= 15 is 0 Å². The maximum atomic E-state index is 11.1. The van der Waals surface area contributed by atoms with Gasteiger partial charge in [-0.3, -0.25) is 0 Å². The van der Waals surface area contributed by atoms with Crippen molar-refractivity contribution < 1.29 is 8.42 Å². The Kier molecular flexibility index (Phi) is 4.89. The number of unbranched alkanes of at least 4 members (excludes halogenated alkanes) is 3. The highest BCUT2D eigenvalue weighted by molar-refractivity contribution is 7.91. The van der Waals surface area contributed by atoms with E-state index in [1.54, 1.807) is 0 Å². The van der Waals surface area contributed by atoms with Crippen LogP contribution < -0.4 is 5.32 Å². The lowest BCUT2D eigenvalue weighted by Gasteiger charge is -2.09. The maximum Gasteiger partial charge on any atom is 0.151 e. The van der Waals surface area contributed by atoms with Crippen molar-refractivity contribution >= 4 is 9.84 Å². The lowest BCUT2D eigenvalue weighted by molar-refractivity contribution is 0.525. The average molecular weight is 219 g/mol. The SMILES string of the molecule is CCCCCCN[C@H]1CCS(=O)(=O)C1. The van der Waals surface area contributed by atoms with Gasteiger partial charge in [0.25, 0.3) is 0 Å². The smallest absolute Gasteiger partial charge is 0.151 e. The Morgan fingerprint density at radius 1 is 1.29 bits per heavy atom. The summed E-state index contributed by atoms with van der Waals surface area (Å²) in [5.74, 6) is 0.723. The van der Waals surface area contributed by atoms with Gasteiger partial charge in [-0.2, -0.15) is 0 Å². The Morgan fingerprint density at radius 2 is 2.07 bits per heavy atom. The van der Waals surface area contributed by atoms with Gasteiger partial charge in [0.15, 0.2) is 9.84 Å². The fraction of sp³-hybridized carbons (Fsp3) is 1.00. The van der Waals surface area contributed by atoms with Crippen molar-refractivity contribution in [2.75, 3.05) is 18.1 Å². The molecule has 0 spiro atoms. The monoisotopic (exact) mass is 219 g/mol. The summed E-state index contributed by atoms with van der Waals surface area (Å²) in [6, 6.07) is 0.224. The van der Waals surface area contributed by atoms with E-state index in [1.165, 1.54) is 25.7 Å². The van der Waals surface area contributed by atoms with Gasteiger partial charge in [0.2, 0.25) is 0 Å². The van der Waals surface area contributed by atoms with Gasteiger partial charge in [0.05, 0.1) is 11.5 Å². The average Bonchev–Trinajstić information content (AvgIpc) is 2.45. The molecular weight excluding hydrogens is 198 g/mol. The fourth-order valence-corrected chi connectivity index (χ4v) is 3.52. The molecule has 0 unspecified atom stereocenters. The molecule has 0 aromatic heterocycles. The lowest BCUT2D eigenvalue weighted by atomic mass is 10.2. The molecule has 0 saturated carbocycles. The van der Waals surface area contributed by atoms with Gasteiger partial charge in [0, 0.05) is 6.04 Å². The van der Waals surface area contributed by atoms with Crippen LogP contribution in [0.3, 0.4) is 0 Å². The predicted octanol–water partition coefficient (Wildman–Crippen LogP) is 1.34. The minimum atomic E-state index is -2.71. The zero-order valence-electron chi connectivity index (χ0n) is 8.96. The molecule has 0 amide bonds. The zero-order valence-corrected chi connectivity index (χ0v) is 9.78. The van der Waals surface area contributed by atoms with Crippen LogP contribution in [0.1, 0.15) is 39.0 Å². The first kappa shape index (κ1) is 12.0. The van der Waals surface area contributed by atoms with Gasteiger partial charge in [-0.05, 0) is 19.4 Å². The van der Waals surface area contributed by atoms with E-state index in [9.17, 15) is 8.42 Å². The van der Waals surface area contributed by atoms with Gasteiger partial charge in [-0.25, -0.2) is 8.42 Å². The topological polar surface area (TPSA) is 46.2 Å². The molecule has 84 valence electrons. The van der Waals surface area contributed by atoms with Crippen molar-refractivity contribution in [3.8, 4) is 0 Å². The maximum absolute atomic E-state index is 11.1. The molecular formula is C10H21NO2S. The molecule has 0 radical (unpaired) electrons. The third kappa shape index (κ3) is 4.42. The van der Waals surface area contributed by atoms with Crippen LogP contribution in [0.15, 0.2) is 0 Å². The molecule has 1 heterocycles. The minimum Gasteiger partial charge on any atom is -0.313 e. The van der Waals surface area contributed by atoms with Crippen LogP contribution in [0, 0.1) is 0 Å². The summed E-state index contributed by atoms with van der Waals surface area (Å²) in [5.41, 5.74) is 0. The molecule has 1 saturated heterocycles. The molecule has 3 nitrogen and oxygen atoms in total. The van der Waals surface area contributed by atoms with Crippen LogP contribution >= 0.6 is 0 Å². The third-order valence-electron chi connectivity index (χ3n) is 2.70. The minimum absolute atomic E-state index is 0.224. The van der Waals surface area contributed by atoms with Crippen LogP contribution in [0.25, 0.3) is 0 Å². The largest absolute Gasteiger partial charge is 0.313 e. The quantitative estimate of drug-likeness (QED) is 0.686. The first-order valence-corrected chi connectivity index (χ1v) is 7.40. The molecule has 1 N–H and O–H groups in total. The summed E-state index contributed by atoms with van der Waals surface area (Å²) < 4.78 is 22.3. The van der Waals surface area contributed by atoms with E-state index in [-0.39, 0.29) is 6.04 Å². The van der Waals surface area contributed by atoms with Gasteiger partial charge in [0.1, 0.15) is 0 Å². The molecule has 1 rings (SSSR count). The number of sulfone groups is 1. The molecule has 4 heteroatoms. The normalized spacial score (nSPS) is 25.4. The molecule has 0 aliphatic carbocycles. The summed E-state index contributed by atoms with van der Waals surface area (Å²) >= 11 is 0. The number of rotatable bonds is 6. The van der Waals surface area contributed by atoms with Crippen molar-refractivity contribution in [1.29, 1.82) is 0 Å². The molecule has 14 heavy (non-hydrogen) atoms. The van der Waals surface area contributed by atoms with Crippen LogP contribution in [0.2, 0.25) is 0 Å². The Balaban J connectivity index is 2.03. The second-order valence-corrected chi connectivity index (χ2v) is 6.34. The number of hydrogen-bond acceptors (Lipinski definition) is 3. The highest BCUT2D eigenvalue weighted by atomic mass is 32.2. The summed E-state index contributed by atoms with van der Waals surface area (Å²) in [6.07, 6.45) is 5.76. The van der Waals surface area contributed by atoms with E-state index in [1.807, 2.05) is 0 Å². The van der Waals surface area contributed by atoms with E-state index in [0.717, 1.165) is 13.0 Å². The Bertz CT molecular complexity index is 249. The number of hydrogen-bond donors (Lipinski definition) is 1. The molecule has 0 aromatic carbocycles. The molecule has 1 aliphatic heterocycles. The Morgan fingerprint density at radius 3 is 2.64 bits per heavy atom. The van der Waals surface area contributed by atoms with Gasteiger partial charge in [-0.1, -0.05) is 26.2 Å². The molecule has 0 aromatic rings. The summed E-state index contributed by atoms with van der Waals surface area (Å²) in [5, 5.41) is 3.32. The van der Waals surface area contributed by atoms with Crippen molar-refractivity contribution in [3.63, 3.8) is 0 Å². The summed E-state index contributed by atoms with van der Waals surface area (Å²) in [6.45, 7) is 3.16. The third-order valence-corrected chi connectivity index (χ3v) is 4.46. The van der Waals surface area contributed by atoms with E-state index in [4.69, 9.17) is 0 Å². The molecule has 1 fully saturated rings. The first-order valence-electron chi connectivity index (χ1n) is 5.58. The van der Waals surface area contributed by atoms with Crippen LogP contribution in [-0.2, 0) is 9.84 Å². The van der Waals surface area contributed by atoms with Crippen molar-refractivity contribution in [1.82, 2.24) is 5.32 Å². The van der Waals surface area contributed by atoms with E-state index < -0.39 is 9.84 Å². The second kappa shape index (κ2) is 5.71. The van der Waals surface area contributed by atoms with Gasteiger partial charge in [-0.15, -0.1) is 0 Å². The summed E-state index contributed by atoms with van der Waals surface area (Å²) in [4.78, 5) is 0. The standard InChI is InChI=1S/C10H21NO2S/c1-2-3-4-5-7-11-10-6-8-14(12,13)9-10/h10-11H,2-9H2,1H3/t10-/m0/s1. The Labute approximate surface area is 87.2 Å². The van der Waals surface area contributed by atoms with E-state index in [2.05, 4.69) is 12.2 Å². The van der Waals surface area contributed by atoms with Crippen molar-refractivity contribution in [3.05, 3.63) is 0 Å². The highest BCUT2D eigenvalue weighted by Crippen LogP contribution is 2.11. The van der Waals surface area contributed by atoms with Gasteiger partial charge >= 0.3 is 0 Å². The van der Waals surface area contributed by atoms with Crippen molar-refractivity contribution in [2.24, 2.45) is 0 Å². The Hall–Kier alpha value is -0.0900. The van der Waals surface area contributed by atoms with E-state index in [0.29, 0.717) is 11.5 Å². The predicted molar refractivity (Wildman–Crippen MR) is 59.2 cm³/mol. The van der Waals surface area contributed by atoms with Gasteiger partial charge < -0.3 is 5.32 Å². The van der Waals surface area contributed by atoms with Crippen LogP contribution in [0.4, 0.5) is 0 Å². The molecule has 1 aliphatic rings. The van der Waals surface area contributed by atoms with Crippen molar-refractivity contribution in [2.45, 2.75) is 45.1 Å². The fourth-order valence-electron chi connectivity index (χ4n) is 1.81. The first-order chi connectivity index (χ1) is 6.64. The summed E-state index contributed by atoms with van der Waals surface area (Å²) in [7, 11) is -2.71.